The Kier molecular flexibility index (Phi) is 5.42. The molecule has 0 saturated carbocycles. The number of amides is 1. The Morgan fingerprint density at radius 2 is 1.43 bits per heavy atom. The smallest absolute Gasteiger partial charge is 0.335 e. The van der Waals surface area contributed by atoms with Gasteiger partial charge in [0.1, 0.15) is 0 Å². The number of hydrogen-bond donors (Lipinski definition) is 3. The van der Waals surface area contributed by atoms with Crippen LogP contribution in [0.4, 0.5) is 11.4 Å². The normalized spacial score (nSPS) is 10.9. The van der Waals surface area contributed by atoms with Crippen molar-refractivity contribution in [2.24, 2.45) is 0 Å². The number of carboxylic acid groups (broad SMARTS) is 1. The molecule has 0 aliphatic rings. The van der Waals surface area contributed by atoms with Crippen LogP contribution in [-0.2, 0) is 10.0 Å². The minimum absolute atomic E-state index is 0.0440. The van der Waals surface area contributed by atoms with Crippen molar-refractivity contribution in [2.45, 2.75) is 4.90 Å². The molecule has 0 fully saturated rings. The molecule has 142 valence electrons. The molecule has 28 heavy (non-hydrogen) atoms. The molecule has 0 bridgehead atoms. The third-order valence-corrected chi connectivity index (χ3v) is 5.20. The molecule has 3 N–H and O–H groups in total. The van der Waals surface area contributed by atoms with E-state index >= 15 is 0 Å². The second-order valence-electron chi connectivity index (χ2n) is 5.84. The molecule has 0 aliphatic heterocycles. The van der Waals surface area contributed by atoms with Crippen LogP contribution in [0.2, 0.25) is 0 Å². The third-order valence-electron chi connectivity index (χ3n) is 3.82. The number of rotatable bonds is 6. The molecule has 3 aromatic carbocycles. The van der Waals surface area contributed by atoms with Gasteiger partial charge in [0.2, 0.25) is 0 Å². The van der Waals surface area contributed by atoms with E-state index in [0.717, 1.165) is 0 Å². The summed E-state index contributed by atoms with van der Waals surface area (Å²) in [6.07, 6.45) is 0. The second-order valence-corrected chi connectivity index (χ2v) is 7.52. The first kappa shape index (κ1) is 19.1. The van der Waals surface area contributed by atoms with E-state index in [2.05, 4.69) is 10.0 Å². The summed E-state index contributed by atoms with van der Waals surface area (Å²) in [6, 6.07) is 19.7. The highest BCUT2D eigenvalue weighted by molar-refractivity contribution is 7.92. The molecule has 0 atom stereocenters. The summed E-state index contributed by atoms with van der Waals surface area (Å²) in [6.45, 7) is 0. The summed E-state index contributed by atoms with van der Waals surface area (Å²) in [5, 5.41) is 11.6. The van der Waals surface area contributed by atoms with E-state index in [1.54, 1.807) is 24.3 Å². The Hall–Kier alpha value is -3.65. The van der Waals surface area contributed by atoms with Gasteiger partial charge in [0.15, 0.2) is 0 Å². The largest absolute Gasteiger partial charge is 0.478 e. The van der Waals surface area contributed by atoms with Crippen LogP contribution in [0.1, 0.15) is 20.7 Å². The van der Waals surface area contributed by atoms with Crippen LogP contribution < -0.4 is 10.0 Å². The lowest BCUT2D eigenvalue weighted by atomic mass is 10.2. The fourth-order valence-corrected chi connectivity index (χ4v) is 3.53. The first-order valence-corrected chi connectivity index (χ1v) is 9.66. The molecule has 0 aliphatic carbocycles. The van der Waals surface area contributed by atoms with Gasteiger partial charge in [0.25, 0.3) is 15.9 Å². The maximum absolute atomic E-state index is 12.6. The van der Waals surface area contributed by atoms with Gasteiger partial charge in [0.05, 0.1) is 10.5 Å². The lowest BCUT2D eigenvalue weighted by Gasteiger charge is -2.10. The van der Waals surface area contributed by atoms with Crippen LogP contribution >= 0.6 is 0 Å². The van der Waals surface area contributed by atoms with Crippen molar-refractivity contribution in [2.75, 3.05) is 10.0 Å². The number of benzene rings is 3. The summed E-state index contributed by atoms with van der Waals surface area (Å²) < 4.78 is 27.6. The molecule has 1 amide bonds. The number of nitrogens with one attached hydrogen (secondary N) is 2. The predicted molar refractivity (Wildman–Crippen MR) is 105 cm³/mol. The zero-order chi connectivity index (χ0) is 20.1. The van der Waals surface area contributed by atoms with E-state index < -0.39 is 21.9 Å². The van der Waals surface area contributed by atoms with Crippen LogP contribution in [0, 0.1) is 0 Å². The minimum Gasteiger partial charge on any atom is -0.478 e. The monoisotopic (exact) mass is 396 g/mol. The van der Waals surface area contributed by atoms with E-state index in [1.807, 2.05) is 6.07 Å². The number of sulfonamides is 1. The molecular weight excluding hydrogens is 380 g/mol. The summed E-state index contributed by atoms with van der Waals surface area (Å²) in [5.41, 5.74) is 1.04. The van der Waals surface area contributed by atoms with Gasteiger partial charge in [0, 0.05) is 16.9 Å². The average molecular weight is 396 g/mol. The van der Waals surface area contributed by atoms with Crippen molar-refractivity contribution < 1.29 is 23.1 Å². The molecule has 0 heterocycles. The second kappa shape index (κ2) is 7.93. The van der Waals surface area contributed by atoms with E-state index in [-0.39, 0.29) is 21.7 Å². The van der Waals surface area contributed by atoms with Crippen LogP contribution in [0.3, 0.4) is 0 Å². The molecule has 0 spiro atoms. The molecule has 8 heteroatoms. The van der Waals surface area contributed by atoms with Gasteiger partial charge < -0.3 is 10.4 Å². The zero-order valence-corrected chi connectivity index (χ0v) is 15.3. The van der Waals surface area contributed by atoms with Gasteiger partial charge in [-0.05, 0) is 54.6 Å². The molecule has 3 aromatic rings. The van der Waals surface area contributed by atoms with E-state index in [1.165, 1.54) is 48.5 Å². The van der Waals surface area contributed by atoms with E-state index in [9.17, 15) is 18.0 Å². The van der Waals surface area contributed by atoms with Gasteiger partial charge in [-0.15, -0.1) is 0 Å². The molecule has 3 rings (SSSR count). The van der Waals surface area contributed by atoms with Crippen molar-refractivity contribution in [1.29, 1.82) is 0 Å². The highest BCUT2D eigenvalue weighted by Gasteiger charge is 2.17. The van der Waals surface area contributed by atoms with Crippen LogP contribution in [0.25, 0.3) is 0 Å². The Labute approximate surface area is 161 Å². The van der Waals surface area contributed by atoms with Crippen molar-refractivity contribution >= 4 is 33.3 Å². The summed E-state index contributed by atoms with van der Waals surface area (Å²) in [4.78, 5) is 23.2. The molecule has 0 aromatic heterocycles. The number of para-hydroxylation sites is 1. The first-order valence-electron chi connectivity index (χ1n) is 8.18. The lowest BCUT2D eigenvalue weighted by molar-refractivity contribution is 0.0696. The van der Waals surface area contributed by atoms with Crippen molar-refractivity contribution in [3.63, 3.8) is 0 Å². The summed E-state index contributed by atoms with van der Waals surface area (Å²) >= 11 is 0. The lowest BCUT2D eigenvalue weighted by Crippen LogP contribution is -2.16. The Bertz CT molecular complexity index is 1110. The van der Waals surface area contributed by atoms with Gasteiger partial charge in [-0.2, -0.15) is 0 Å². The molecule has 0 unspecified atom stereocenters. The maximum atomic E-state index is 12.6. The summed E-state index contributed by atoms with van der Waals surface area (Å²) in [5.74, 6) is -1.54. The molecule has 7 nitrogen and oxygen atoms in total. The van der Waals surface area contributed by atoms with Crippen LogP contribution in [0.15, 0.2) is 83.8 Å². The number of carboxylic acids is 1. The standard InChI is InChI=1S/C20H16N2O5S/c23-19(21-16-6-2-1-3-7-16)15-5-4-8-18(13-15)28(26,27)22-17-11-9-14(10-12-17)20(24)25/h1-13,22H,(H,21,23)(H,24,25). The molecular formula is C20H16N2O5S. The Balaban J connectivity index is 1.79. The number of hydrogen-bond acceptors (Lipinski definition) is 4. The van der Waals surface area contributed by atoms with Crippen LogP contribution in [-0.4, -0.2) is 25.4 Å². The fourth-order valence-electron chi connectivity index (χ4n) is 2.42. The van der Waals surface area contributed by atoms with Crippen molar-refractivity contribution in [3.05, 3.63) is 90.0 Å². The van der Waals surface area contributed by atoms with Gasteiger partial charge in [-0.1, -0.05) is 24.3 Å². The number of aromatic carboxylic acids is 1. The number of carbonyl (C=O) groups is 2. The van der Waals surface area contributed by atoms with Crippen LogP contribution in [0.5, 0.6) is 0 Å². The van der Waals surface area contributed by atoms with Crippen molar-refractivity contribution in [3.8, 4) is 0 Å². The Morgan fingerprint density at radius 3 is 2.07 bits per heavy atom. The predicted octanol–water partition coefficient (Wildman–Crippen LogP) is 3.44. The maximum Gasteiger partial charge on any atom is 0.335 e. The summed E-state index contributed by atoms with van der Waals surface area (Å²) in [7, 11) is -3.95. The molecule has 0 saturated heterocycles. The van der Waals surface area contributed by atoms with Crippen molar-refractivity contribution in [1.82, 2.24) is 0 Å². The number of anilines is 2. The minimum atomic E-state index is -3.95. The van der Waals surface area contributed by atoms with E-state index in [0.29, 0.717) is 5.69 Å². The molecule has 0 radical (unpaired) electrons. The zero-order valence-electron chi connectivity index (χ0n) is 14.5. The van der Waals surface area contributed by atoms with Gasteiger partial charge >= 0.3 is 5.97 Å². The average Bonchev–Trinajstić information content (AvgIpc) is 2.69. The van der Waals surface area contributed by atoms with Gasteiger partial charge in [-0.3, -0.25) is 9.52 Å². The Morgan fingerprint density at radius 1 is 0.750 bits per heavy atom. The quantitative estimate of drug-likeness (QED) is 0.591. The highest BCUT2D eigenvalue weighted by Crippen LogP contribution is 2.18. The SMILES string of the molecule is O=C(O)c1ccc(NS(=O)(=O)c2cccc(C(=O)Nc3ccccc3)c2)cc1. The first-order chi connectivity index (χ1) is 13.3. The topological polar surface area (TPSA) is 113 Å². The fraction of sp³-hybridized carbons (Fsp3) is 0. The van der Waals surface area contributed by atoms with Gasteiger partial charge in [-0.25, -0.2) is 13.2 Å². The highest BCUT2D eigenvalue weighted by atomic mass is 32.2. The van der Waals surface area contributed by atoms with E-state index in [4.69, 9.17) is 5.11 Å². The third kappa shape index (κ3) is 4.54. The number of carbonyl (C=O) groups excluding carboxylic acids is 1.